The van der Waals surface area contributed by atoms with E-state index in [1.54, 1.807) is 6.08 Å². The number of aliphatic hydroxyl groups is 1. The molecule has 0 saturated carbocycles. The van der Waals surface area contributed by atoms with Gasteiger partial charge in [-0.25, -0.2) is 27.1 Å². The van der Waals surface area contributed by atoms with E-state index in [1.165, 1.54) is 37.4 Å². The first-order valence-electron chi connectivity index (χ1n) is 8.89. The summed E-state index contributed by atoms with van der Waals surface area (Å²) in [6.45, 7) is 3.79. The summed E-state index contributed by atoms with van der Waals surface area (Å²) in [4.78, 5) is 8.85. The zero-order valence-electron chi connectivity index (χ0n) is 16.7. The Morgan fingerprint density at radius 1 is 1.28 bits per heavy atom. The molecule has 0 fully saturated rings. The number of rotatable bonds is 7. The Labute approximate surface area is 170 Å². The molecule has 9 heteroatoms. The molecule has 7 nitrogen and oxygen atoms in total. The molecule has 0 amide bonds. The molecule has 1 aromatic carbocycles. The molecule has 0 bridgehead atoms. The van der Waals surface area contributed by atoms with Crippen LogP contribution in [0.5, 0.6) is 0 Å². The van der Waals surface area contributed by atoms with E-state index in [9.17, 15) is 17.9 Å². The summed E-state index contributed by atoms with van der Waals surface area (Å²) in [5.74, 6) is -0.524. The van der Waals surface area contributed by atoms with Gasteiger partial charge < -0.3 is 5.11 Å². The first-order valence-corrected chi connectivity index (χ1v) is 10.7. The lowest BCUT2D eigenvalue weighted by Gasteiger charge is -2.20. The second-order valence-corrected chi connectivity index (χ2v) is 8.87. The van der Waals surface area contributed by atoms with Crippen molar-refractivity contribution >= 4 is 22.0 Å². The van der Waals surface area contributed by atoms with E-state index < -0.39 is 21.9 Å². The van der Waals surface area contributed by atoms with E-state index in [2.05, 4.69) is 9.97 Å². The standard InChI is InChI=1S/C20H23FN4O3S/c1-13(2)18-17(10-9-16(26)11-12-22)19(14-5-7-15(21)8-6-14)24-20(23-18)25(3)29(4,27)28/h5-10,13,16,26H,11H2,1-4H3/b10-9+/t16-/m1/s1. The van der Waals surface area contributed by atoms with Crippen molar-refractivity contribution in [1.29, 1.82) is 5.26 Å². The van der Waals surface area contributed by atoms with Crippen molar-refractivity contribution in [2.45, 2.75) is 32.3 Å². The normalized spacial score (nSPS) is 12.9. The summed E-state index contributed by atoms with van der Waals surface area (Å²) in [6, 6.07) is 7.52. The number of nitrogens with zero attached hydrogens (tertiary/aromatic N) is 4. The van der Waals surface area contributed by atoms with E-state index in [0.717, 1.165) is 10.6 Å². The Hall–Kier alpha value is -2.83. The average molecular weight is 418 g/mol. The second-order valence-electron chi connectivity index (χ2n) is 6.85. The summed E-state index contributed by atoms with van der Waals surface area (Å²) in [5.41, 5.74) is 2.09. The number of hydrogen-bond donors (Lipinski definition) is 1. The van der Waals surface area contributed by atoms with Gasteiger partial charge in [-0.3, -0.25) is 0 Å². The molecule has 1 aromatic heterocycles. The molecule has 0 unspecified atom stereocenters. The summed E-state index contributed by atoms with van der Waals surface area (Å²) in [5, 5.41) is 18.6. The van der Waals surface area contributed by atoms with Crippen LogP contribution in [0.25, 0.3) is 17.3 Å². The van der Waals surface area contributed by atoms with Gasteiger partial charge in [-0.05, 0) is 30.2 Å². The van der Waals surface area contributed by atoms with E-state index in [-0.39, 0.29) is 18.3 Å². The molecule has 0 aliphatic carbocycles. The lowest BCUT2D eigenvalue weighted by atomic mass is 9.97. The van der Waals surface area contributed by atoms with Crippen molar-refractivity contribution in [2.24, 2.45) is 0 Å². The predicted molar refractivity (Wildman–Crippen MR) is 110 cm³/mol. The molecule has 29 heavy (non-hydrogen) atoms. The Balaban J connectivity index is 2.77. The number of benzene rings is 1. The molecule has 1 atom stereocenters. The largest absolute Gasteiger partial charge is 0.388 e. The molecule has 1 N–H and O–H groups in total. The highest BCUT2D eigenvalue weighted by molar-refractivity contribution is 7.92. The third kappa shape index (κ3) is 5.59. The van der Waals surface area contributed by atoms with Gasteiger partial charge in [0.1, 0.15) is 5.82 Å². The predicted octanol–water partition coefficient (Wildman–Crippen LogP) is 3.09. The molecule has 1 heterocycles. The topological polar surface area (TPSA) is 107 Å². The highest BCUT2D eigenvalue weighted by atomic mass is 32.2. The molecular formula is C20H23FN4O3S. The summed E-state index contributed by atoms with van der Waals surface area (Å²) in [6.07, 6.45) is 3.07. The minimum absolute atomic E-state index is 0.00903. The highest BCUT2D eigenvalue weighted by Gasteiger charge is 2.22. The zero-order chi connectivity index (χ0) is 21.8. The van der Waals surface area contributed by atoms with Crippen molar-refractivity contribution in [3.63, 3.8) is 0 Å². The summed E-state index contributed by atoms with van der Waals surface area (Å²) >= 11 is 0. The third-order valence-corrected chi connectivity index (χ3v) is 5.35. The molecule has 2 rings (SSSR count). The van der Waals surface area contributed by atoms with Crippen LogP contribution < -0.4 is 4.31 Å². The van der Waals surface area contributed by atoms with Crippen LogP contribution in [0.2, 0.25) is 0 Å². The Morgan fingerprint density at radius 2 is 1.90 bits per heavy atom. The average Bonchev–Trinajstić information content (AvgIpc) is 2.65. The SMILES string of the molecule is CC(C)c1nc(N(C)S(C)(=O)=O)nc(-c2ccc(F)cc2)c1/C=C/[C@@H](O)CC#N. The smallest absolute Gasteiger partial charge is 0.239 e. The van der Waals surface area contributed by atoms with Gasteiger partial charge in [0, 0.05) is 18.2 Å². The molecule has 2 aromatic rings. The summed E-state index contributed by atoms with van der Waals surface area (Å²) in [7, 11) is -2.24. The lowest BCUT2D eigenvalue weighted by molar-refractivity contribution is 0.229. The molecule has 0 aliphatic rings. The number of aliphatic hydroxyl groups excluding tert-OH is 1. The molecule has 0 spiro atoms. The van der Waals surface area contributed by atoms with Crippen LogP contribution in [-0.2, 0) is 10.0 Å². The van der Waals surface area contributed by atoms with Crippen LogP contribution in [0, 0.1) is 17.1 Å². The van der Waals surface area contributed by atoms with Crippen LogP contribution in [0.3, 0.4) is 0 Å². The molecular weight excluding hydrogens is 395 g/mol. The number of anilines is 1. The first kappa shape index (κ1) is 22.5. The van der Waals surface area contributed by atoms with Gasteiger partial charge in [-0.2, -0.15) is 5.26 Å². The van der Waals surface area contributed by atoms with Crippen molar-refractivity contribution < 1.29 is 17.9 Å². The number of sulfonamides is 1. The minimum atomic E-state index is -3.60. The van der Waals surface area contributed by atoms with Crippen LogP contribution in [-0.4, -0.2) is 42.9 Å². The second kappa shape index (κ2) is 9.11. The van der Waals surface area contributed by atoms with Crippen molar-refractivity contribution in [1.82, 2.24) is 9.97 Å². The van der Waals surface area contributed by atoms with Gasteiger partial charge >= 0.3 is 0 Å². The van der Waals surface area contributed by atoms with Crippen LogP contribution >= 0.6 is 0 Å². The highest BCUT2D eigenvalue weighted by Crippen LogP contribution is 2.31. The van der Waals surface area contributed by atoms with Crippen molar-refractivity contribution in [2.75, 3.05) is 17.6 Å². The Bertz CT molecular complexity index is 1040. The Morgan fingerprint density at radius 3 is 2.41 bits per heavy atom. The molecule has 0 saturated heterocycles. The molecule has 0 radical (unpaired) electrons. The molecule has 0 aliphatic heterocycles. The van der Waals surface area contributed by atoms with E-state index >= 15 is 0 Å². The fourth-order valence-corrected chi connectivity index (χ4v) is 2.94. The molecule has 154 valence electrons. The zero-order valence-corrected chi connectivity index (χ0v) is 17.5. The van der Waals surface area contributed by atoms with Crippen LogP contribution in [0.4, 0.5) is 10.3 Å². The number of nitriles is 1. The van der Waals surface area contributed by atoms with E-state index in [4.69, 9.17) is 5.26 Å². The third-order valence-electron chi connectivity index (χ3n) is 4.19. The maximum atomic E-state index is 13.4. The Kier molecular flexibility index (Phi) is 7.06. The van der Waals surface area contributed by atoms with Crippen LogP contribution in [0.15, 0.2) is 30.3 Å². The van der Waals surface area contributed by atoms with Crippen molar-refractivity contribution in [3.8, 4) is 17.3 Å². The fraction of sp³-hybridized carbons (Fsp3) is 0.350. The monoisotopic (exact) mass is 418 g/mol. The van der Waals surface area contributed by atoms with Crippen LogP contribution in [0.1, 0.15) is 37.4 Å². The summed E-state index contributed by atoms with van der Waals surface area (Å²) < 4.78 is 38.4. The maximum Gasteiger partial charge on any atom is 0.239 e. The van der Waals surface area contributed by atoms with E-state index in [1.807, 2.05) is 19.9 Å². The van der Waals surface area contributed by atoms with E-state index in [0.29, 0.717) is 22.5 Å². The van der Waals surface area contributed by atoms with Gasteiger partial charge in [0.05, 0.1) is 36.2 Å². The fourth-order valence-electron chi connectivity index (χ4n) is 2.56. The van der Waals surface area contributed by atoms with Gasteiger partial charge in [-0.1, -0.05) is 26.0 Å². The van der Waals surface area contributed by atoms with Gasteiger partial charge in [0.2, 0.25) is 16.0 Å². The lowest BCUT2D eigenvalue weighted by Crippen LogP contribution is -2.27. The van der Waals surface area contributed by atoms with Gasteiger partial charge in [-0.15, -0.1) is 0 Å². The maximum absolute atomic E-state index is 13.4. The quantitative estimate of drug-likeness (QED) is 0.740. The van der Waals surface area contributed by atoms with Crippen molar-refractivity contribution in [3.05, 3.63) is 47.4 Å². The first-order chi connectivity index (χ1) is 13.5. The number of aromatic nitrogens is 2. The number of halogens is 1. The van der Waals surface area contributed by atoms with Gasteiger partial charge in [0.25, 0.3) is 0 Å². The number of hydrogen-bond acceptors (Lipinski definition) is 6. The van der Waals surface area contributed by atoms with Gasteiger partial charge in [0.15, 0.2) is 0 Å². The minimum Gasteiger partial charge on any atom is -0.388 e.